The van der Waals surface area contributed by atoms with Crippen LogP contribution < -0.4 is 0 Å². The van der Waals surface area contributed by atoms with E-state index >= 15 is 0 Å². The third kappa shape index (κ3) is 5.45. The number of hydrogen-bond acceptors (Lipinski definition) is 2. The topological polar surface area (TPSA) is 20.3 Å². The summed E-state index contributed by atoms with van der Waals surface area (Å²) in [6.07, 6.45) is 5.66. The van der Waals surface area contributed by atoms with Crippen LogP contribution in [0.4, 0.5) is 0 Å². The van der Waals surface area contributed by atoms with Gasteiger partial charge in [0.2, 0.25) is 5.91 Å². The Morgan fingerprint density at radius 3 is 2.27 bits per heavy atom. The first-order valence-electron chi connectivity index (χ1n) is 6.04. The van der Waals surface area contributed by atoms with Crippen molar-refractivity contribution in [2.24, 2.45) is 5.92 Å². The molecule has 0 aromatic rings. The Morgan fingerprint density at radius 2 is 1.87 bits per heavy atom. The Morgan fingerprint density at radius 1 is 1.33 bits per heavy atom. The van der Waals surface area contributed by atoms with Gasteiger partial charge in [0.25, 0.3) is 0 Å². The van der Waals surface area contributed by atoms with Crippen molar-refractivity contribution in [3.63, 3.8) is 0 Å². The maximum atomic E-state index is 11.5. The van der Waals surface area contributed by atoms with Gasteiger partial charge in [0.15, 0.2) is 0 Å². The Kier molecular flexibility index (Phi) is 8.97. The smallest absolute Gasteiger partial charge is 0.232 e. The van der Waals surface area contributed by atoms with Crippen molar-refractivity contribution >= 4 is 17.7 Å². The van der Waals surface area contributed by atoms with Gasteiger partial charge in [-0.05, 0) is 25.0 Å². The Labute approximate surface area is 98.8 Å². The number of thioether (sulfide) groups is 1. The second-order valence-corrected chi connectivity index (χ2v) is 4.53. The monoisotopic (exact) mass is 231 g/mol. The first-order valence-corrected chi connectivity index (χ1v) is 7.44. The standard InChI is InChI=1S/C10H19NOS.C2H6/c1-3-9-4-6-11(7-5-9)10(12)8-13-2;1-2/h9H,3-8H2,1-2H3;1-2H3. The lowest BCUT2D eigenvalue weighted by Crippen LogP contribution is -2.39. The van der Waals surface area contributed by atoms with Gasteiger partial charge in [-0.25, -0.2) is 0 Å². The van der Waals surface area contributed by atoms with E-state index in [2.05, 4.69) is 6.92 Å². The zero-order valence-corrected chi connectivity index (χ0v) is 11.4. The third-order valence-electron chi connectivity index (χ3n) is 2.81. The fourth-order valence-electron chi connectivity index (χ4n) is 1.81. The zero-order chi connectivity index (χ0) is 11.7. The molecule has 1 aliphatic heterocycles. The molecule has 0 aromatic carbocycles. The quantitative estimate of drug-likeness (QED) is 0.744. The average Bonchev–Trinajstić information content (AvgIpc) is 2.32. The zero-order valence-electron chi connectivity index (χ0n) is 10.6. The molecule has 0 aliphatic carbocycles. The van der Waals surface area contributed by atoms with Gasteiger partial charge in [-0.1, -0.05) is 27.2 Å². The average molecular weight is 231 g/mol. The fourth-order valence-corrected chi connectivity index (χ4v) is 2.23. The molecule has 0 atom stereocenters. The highest BCUT2D eigenvalue weighted by atomic mass is 32.2. The molecule has 1 rings (SSSR count). The van der Waals surface area contributed by atoms with Crippen molar-refractivity contribution in [2.75, 3.05) is 25.1 Å². The predicted molar refractivity (Wildman–Crippen MR) is 69.3 cm³/mol. The van der Waals surface area contributed by atoms with Crippen molar-refractivity contribution in [2.45, 2.75) is 40.0 Å². The molecule has 1 saturated heterocycles. The minimum atomic E-state index is 0.321. The lowest BCUT2D eigenvalue weighted by molar-refractivity contribution is -0.129. The summed E-state index contributed by atoms with van der Waals surface area (Å²) < 4.78 is 0. The number of amides is 1. The highest BCUT2D eigenvalue weighted by molar-refractivity contribution is 7.99. The van der Waals surface area contributed by atoms with Gasteiger partial charge in [0, 0.05) is 13.1 Å². The molecular weight excluding hydrogens is 206 g/mol. The van der Waals surface area contributed by atoms with E-state index in [4.69, 9.17) is 0 Å². The Bertz CT molecular complexity index is 165. The third-order valence-corrected chi connectivity index (χ3v) is 3.35. The van der Waals surface area contributed by atoms with E-state index in [0.29, 0.717) is 11.7 Å². The van der Waals surface area contributed by atoms with Gasteiger partial charge in [-0.15, -0.1) is 0 Å². The number of likely N-dealkylation sites (tertiary alicyclic amines) is 1. The summed E-state index contributed by atoms with van der Waals surface area (Å²) in [5.41, 5.74) is 0. The van der Waals surface area contributed by atoms with E-state index < -0.39 is 0 Å². The van der Waals surface area contributed by atoms with Crippen molar-refractivity contribution < 1.29 is 4.79 Å². The van der Waals surface area contributed by atoms with E-state index in [1.807, 2.05) is 25.0 Å². The van der Waals surface area contributed by atoms with Crippen molar-refractivity contribution in [1.29, 1.82) is 0 Å². The van der Waals surface area contributed by atoms with Crippen LogP contribution >= 0.6 is 11.8 Å². The van der Waals surface area contributed by atoms with Crippen LogP contribution in [0.5, 0.6) is 0 Å². The van der Waals surface area contributed by atoms with E-state index in [-0.39, 0.29) is 0 Å². The van der Waals surface area contributed by atoms with Gasteiger partial charge in [0.05, 0.1) is 5.75 Å². The minimum Gasteiger partial charge on any atom is -0.342 e. The molecule has 0 spiro atoms. The van der Waals surface area contributed by atoms with Crippen LogP contribution in [0.25, 0.3) is 0 Å². The predicted octanol–water partition coefficient (Wildman–Crippen LogP) is 3.02. The van der Waals surface area contributed by atoms with E-state index in [9.17, 15) is 4.79 Å². The van der Waals surface area contributed by atoms with Crippen LogP contribution in [0.15, 0.2) is 0 Å². The van der Waals surface area contributed by atoms with Gasteiger partial charge in [-0.3, -0.25) is 4.79 Å². The van der Waals surface area contributed by atoms with Crippen LogP contribution in [-0.4, -0.2) is 35.9 Å². The van der Waals surface area contributed by atoms with Gasteiger partial charge >= 0.3 is 0 Å². The number of piperidine rings is 1. The van der Waals surface area contributed by atoms with E-state index in [1.165, 1.54) is 19.3 Å². The van der Waals surface area contributed by atoms with Gasteiger partial charge in [0.1, 0.15) is 0 Å². The number of nitrogens with zero attached hydrogens (tertiary/aromatic N) is 1. The van der Waals surface area contributed by atoms with Crippen LogP contribution in [-0.2, 0) is 4.79 Å². The lowest BCUT2D eigenvalue weighted by Gasteiger charge is -2.31. The second kappa shape index (κ2) is 9.08. The molecule has 3 heteroatoms. The summed E-state index contributed by atoms with van der Waals surface area (Å²) in [6.45, 7) is 8.21. The van der Waals surface area contributed by atoms with Gasteiger partial charge < -0.3 is 4.90 Å². The van der Waals surface area contributed by atoms with Gasteiger partial charge in [-0.2, -0.15) is 11.8 Å². The van der Waals surface area contributed by atoms with Crippen LogP contribution in [0, 0.1) is 5.92 Å². The molecule has 15 heavy (non-hydrogen) atoms. The van der Waals surface area contributed by atoms with Crippen LogP contribution in [0.1, 0.15) is 40.0 Å². The normalized spacial score (nSPS) is 16.9. The minimum absolute atomic E-state index is 0.321. The highest BCUT2D eigenvalue weighted by Gasteiger charge is 2.20. The molecule has 0 aromatic heterocycles. The summed E-state index contributed by atoms with van der Waals surface area (Å²) >= 11 is 1.62. The Hall–Kier alpha value is -0.180. The largest absolute Gasteiger partial charge is 0.342 e. The summed E-state index contributed by atoms with van der Waals surface area (Å²) in [7, 11) is 0. The molecule has 1 heterocycles. The molecule has 1 amide bonds. The summed E-state index contributed by atoms with van der Waals surface area (Å²) in [5.74, 6) is 1.83. The molecule has 90 valence electrons. The fraction of sp³-hybridized carbons (Fsp3) is 0.917. The molecule has 0 radical (unpaired) electrons. The van der Waals surface area contributed by atoms with Crippen LogP contribution in [0.2, 0.25) is 0 Å². The number of hydrogen-bond donors (Lipinski definition) is 0. The maximum Gasteiger partial charge on any atom is 0.232 e. The van der Waals surface area contributed by atoms with E-state index in [0.717, 1.165) is 19.0 Å². The molecule has 0 saturated carbocycles. The first kappa shape index (κ1) is 14.8. The number of carbonyl (C=O) groups excluding carboxylic acids is 1. The second-order valence-electron chi connectivity index (χ2n) is 3.67. The highest BCUT2D eigenvalue weighted by Crippen LogP contribution is 2.20. The molecule has 0 unspecified atom stereocenters. The van der Waals surface area contributed by atoms with E-state index in [1.54, 1.807) is 11.8 Å². The summed E-state index contributed by atoms with van der Waals surface area (Å²) in [5, 5.41) is 0. The number of rotatable bonds is 3. The SMILES string of the molecule is CC.CCC1CCN(C(=O)CSC)CC1. The molecule has 0 N–H and O–H groups in total. The Balaban J connectivity index is 0.000000921. The van der Waals surface area contributed by atoms with Crippen molar-refractivity contribution in [3.8, 4) is 0 Å². The van der Waals surface area contributed by atoms with Crippen molar-refractivity contribution in [1.82, 2.24) is 4.90 Å². The van der Waals surface area contributed by atoms with Crippen LogP contribution in [0.3, 0.4) is 0 Å². The van der Waals surface area contributed by atoms with Crippen molar-refractivity contribution in [3.05, 3.63) is 0 Å². The molecule has 1 aliphatic rings. The summed E-state index contributed by atoms with van der Waals surface area (Å²) in [6, 6.07) is 0. The maximum absolute atomic E-state index is 11.5. The summed E-state index contributed by atoms with van der Waals surface area (Å²) in [4.78, 5) is 13.5. The molecule has 0 bridgehead atoms. The number of carbonyl (C=O) groups is 1. The lowest BCUT2D eigenvalue weighted by atomic mass is 9.94. The molecule has 1 fully saturated rings. The molecule has 2 nitrogen and oxygen atoms in total. The molecular formula is C12H25NOS. The first-order chi connectivity index (χ1) is 7.27.